The molecule has 0 bridgehead atoms. The molecule has 0 N–H and O–H groups in total. The molecule has 68 valence electrons. The topological polar surface area (TPSA) is 18.5 Å². The van der Waals surface area contributed by atoms with Gasteiger partial charge in [-0.2, -0.15) is 0 Å². The Morgan fingerprint density at radius 1 is 1.33 bits per heavy atom. The molecule has 0 aromatic carbocycles. The zero-order valence-electron chi connectivity index (χ0n) is 8.13. The number of hydrogen-bond donors (Lipinski definition) is 0. The van der Waals surface area contributed by atoms with Gasteiger partial charge in [-0.25, -0.2) is 0 Å². The van der Waals surface area contributed by atoms with E-state index in [2.05, 4.69) is 19.9 Å². The van der Waals surface area contributed by atoms with Crippen molar-refractivity contribution in [1.29, 1.82) is 0 Å². The van der Waals surface area contributed by atoms with E-state index < -0.39 is 0 Å². The van der Waals surface area contributed by atoms with Gasteiger partial charge in [0.15, 0.2) is 5.79 Å². The lowest BCUT2D eigenvalue weighted by atomic mass is 10.1. The smallest absolute Gasteiger partial charge is 0.164 e. The molecule has 0 spiro atoms. The van der Waals surface area contributed by atoms with Crippen molar-refractivity contribution in [2.75, 3.05) is 0 Å². The molecule has 1 aliphatic carbocycles. The van der Waals surface area contributed by atoms with Gasteiger partial charge in [-0.15, -0.1) is 0 Å². The molecule has 1 saturated heterocycles. The van der Waals surface area contributed by atoms with E-state index >= 15 is 0 Å². The summed E-state index contributed by atoms with van der Waals surface area (Å²) >= 11 is 0. The Morgan fingerprint density at radius 3 is 2.58 bits per heavy atom. The zero-order chi connectivity index (χ0) is 8.93. The predicted octanol–water partition coefficient (Wildman–Crippen LogP) is 2.10. The van der Waals surface area contributed by atoms with E-state index in [1.54, 1.807) is 0 Å². The lowest BCUT2D eigenvalue weighted by molar-refractivity contribution is -0.148. The van der Waals surface area contributed by atoms with Gasteiger partial charge in [-0.05, 0) is 26.3 Å². The van der Waals surface area contributed by atoms with Crippen molar-refractivity contribution < 1.29 is 9.47 Å². The molecule has 1 aliphatic heterocycles. The molecular formula is C10H16O2. The average molecular weight is 168 g/mol. The zero-order valence-corrected chi connectivity index (χ0v) is 8.13. The first kappa shape index (κ1) is 8.27. The van der Waals surface area contributed by atoms with E-state index in [4.69, 9.17) is 9.47 Å². The molecule has 0 amide bonds. The second-order valence-corrected chi connectivity index (χ2v) is 4.29. The predicted molar refractivity (Wildman–Crippen MR) is 46.7 cm³/mol. The van der Waals surface area contributed by atoms with Gasteiger partial charge in [0.1, 0.15) is 6.10 Å². The van der Waals surface area contributed by atoms with Crippen LogP contribution in [-0.4, -0.2) is 18.0 Å². The Balaban J connectivity index is 2.21. The van der Waals surface area contributed by atoms with Crippen LogP contribution in [0.25, 0.3) is 0 Å². The normalized spacial score (nSPS) is 44.3. The van der Waals surface area contributed by atoms with E-state index in [0.717, 1.165) is 0 Å². The first-order chi connectivity index (χ1) is 5.49. The first-order valence-corrected chi connectivity index (χ1v) is 4.53. The maximum absolute atomic E-state index is 5.78. The van der Waals surface area contributed by atoms with Crippen LogP contribution in [0.1, 0.15) is 27.7 Å². The van der Waals surface area contributed by atoms with Crippen molar-refractivity contribution in [3.63, 3.8) is 0 Å². The highest BCUT2D eigenvalue weighted by Crippen LogP contribution is 2.40. The fraction of sp³-hybridized carbons (Fsp3) is 0.800. The van der Waals surface area contributed by atoms with Crippen molar-refractivity contribution in [3.8, 4) is 0 Å². The maximum atomic E-state index is 5.78. The van der Waals surface area contributed by atoms with Crippen LogP contribution in [-0.2, 0) is 9.47 Å². The molecule has 1 heterocycles. The summed E-state index contributed by atoms with van der Waals surface area (Å²) in [6, 6.07) is 0. The Hall–Kier alpha value is -0.340. The number of hydrogen-bond acceptors (Lipinski definition) is 2. The fourth-order valence-corrected chi connectivity index (χ4v) is 2.13. The van der Waals surface area contributed by atoms with Crippen molar-refractivity contribution in [1.82, 2.24) is 0 Å². The third kappa shape index (κ3) is 1.10. The van der Waals surface area contributed by atoms with Crippen LogP contribution >= 0.6 is 0 Å². The lowest BCUT2D eigenvalue weighted by Crippen LogP contribution is -2.24. The van der Waals surface area contributed by atoms with Gasteiger partial charge in [0, 0.05) is 5.92 Å². The minimum Gasteiger partial charge on any atom is -0.344 e. The fourth-order valence-electron chi connectivity index (χ4n) is 2.13. The maximum Gasteiger partial charge on any atom is 0.164 e. The molecule has 0 aromatic rings. The molecule has 0 unspecified atom stereocenters. The Labute approximate surface area is 73.5 Å². The molecule has 2 heteroatoms. The van der Waals surface area contributed by atoms with Gasteiger partial charge in [0.05, 0.1) is 6.10 Å². The Kier molecular flexibility index (Phi) is 1.61. The number of ether oxygens (including phenoxy) is 2. The summed E-state index contributed by atoms with van der Waals surface area (Å²) in [5.41, 5.74) is 1.32. The molecule has 0 saturated carbocycles. The summed E-state index contributed by atoms with van der Waals surface area (Å²) in [6.45, 7) is 8.25. The van der Waals surface area contributed by atoms with Gasteiger partial charge in [0.2, 0.25) is 0 Å². The van der Waals surface area contributed by atoms with Crippen LogP contribution in [0.4, 0.5) is 0 Å². The highest BCUT2D eigenvalue weighted by molar-refractivity contribution is 5.20. The van der Waals surface area contributed by atoms with Crippen LogP contribution in [0.2, 0.25) is 0 Å². The average Bonchev–Trinajstić information content (AvgIpc) is 2.34. The van der Waals surface area contributed by atoms with Crippen LogP contribution < -0.4 is 0 Å². The molecule has 0 radical (unpaired) electrons. The SMILES string of the molecule is CC1=C[C@H](C)[C@H]2OC(C)(C)O[C@@H]12. The minimum atomic E-state index is -0.390. The van der Waals surface area contributed by atoms with Gasteiger partial charge >= 0.3 is 0 Å². The molecule has 2 nitrogen and oxygen atoms in total. The third-order valence-electron chi connectivity index (χ3n) is 2.62. The summed E-state index contributed by atoms with van der Waals surface area (Å²) in [5.74, 6) is 0.107. The highest BCUT2D eigenvalue weighted by Gasteiger charge is 2.47. The lowest BCUT2D eigenvalue weighted by Gasteiger charge is -2.18. The second kappa shape index (κ2) is 2.33. The highest BCUT2D eigenvalue weighted by atomic mass is 16.8. The van der Waals surface area contributed by atoms with E-state index in [1.807, 2.05) is 13.8 Å². The van der Waals surface area contributed by atoms with Gasteiger partial charge < -0.3 is 9.47 Å². The monoisotopic (exact) mass is 168 g/mol. The van der Waals surface area contributed by atoms with E-state index in [0.29, 0.717) is 5.92 Å². The minimum absolute atomic E-state index is 0.204. The van der Waals surface area contributed by atoms with Crippen LogP contribution in [0.3, 0.4) is 0 Å². The third-order valence-corrected chi connectivity index (χ3v) is 2.62. The summed E-state index contributed by atoms with van der Waals surface area (Å²) in [7, 11) is 0. The Bertz CT molecular complexity index is 230. The van der Waals surface area contributed by atoms with Crippen LogP contribution in [0.5, 0.6) is 0 Å². The van der Waals surface area contributed by atoms with Gasteiger partial charge in [0.25, 0.3) is 0 Å². The standard InChI is InChI=1S/C10H16O2/c1-6-5-7(2)9-8(6)11-10(3,4)12-9/h5-6,8-9H,1-4H3/t6-,8+,9-/m0/s1. The van der Waals surface area contributed by atoms with Crippen molar-refractivity contribution in [2.24, 2.45) is 5.92 Å². The van der Waals surface area contributed by atoms with E-state index in [-0.39, 0.29) is 18.0 Å². The quantitative estimate of drug-likeness (QED) is 0.516. The molecule has 2 rings (SSSR count). The summed E-state index contributed by atoms with van der Waals surface area (Å²) in [4.78, 5) is 0. The second-order valence-electron chi connectivity index (χ2n) is 4.29. The van der Waals surface area contributed by atoms with Crippen LogP contribution in [0.15, 0.2) is 11.6 Å². The van der Waals surface area contributed by atoms with Crippen LogP contribution in [0, 0.1) is 5.92 Å². The number of fused-ring (bicyclic) bond motifs is 1. The van der Waals surface area contributed by atoms with Crippen molar-refractivity contribution in [2.45, 2.75) is 45.7 Å². The van der Waals surface area contributed by atoms with E-state index in [9.17, 15) is 0 Å². The van der Waals surface area contributed by atoms with Crippen molar-refractivity contribution >= 4 is 0 Å². The summed E-state index contributed by atoms with van der Waals surface area (Å²) in [6.07, 6.45) is 2.69. The molecule has 3 atom stereocenters. The number of rotatable bonds is 0. The molecule has 1 fully saturated rings. The van der Waals surface area contributed by atoms with E-state index in [1.165, 1.54) is 5.57 Å². The van der Waals surface area contributed by atoms with Crippen molar-refractivity contribution in [3.05, 3.63) is 11.6 Å². The molecule has 12 heavy (non-hydrogen) atoms. The van der Waals surface area contributed by atoms with Gasteiger partial charge in [-0.3, -0.25) is 0 Å². The molecular weight excluding hydrogens is 152 g/mol. The Morgan fingerprint density at radius 2 is 2.00 bits per heavy atom. The largest absolute Gasteiger partial charge is 0.344 e. The summed E-state index contributed by atoms with van der Waals surface area (Å²) < 4.78 is 11.5. The molecule has 2 aliphatic rings. The summed E-state index contributed by atoms with van der Waals surface area (Å²) in [5, 5.41) is 0. The first-order valence-electron chi connectivity index (χ1n) is 4.53. The molecule has 0 aromatic heterocycles. The van der Waals surface area contributed by atoms with Gasteiger partial charge in [-0.1, -0.05) is 13.0 Å².